The standard InChI is InChI=1S/C20H24N2O6S/c1-14(2)19(22-29(25,26)15-9-5-4-6-10-15)20(24)28-13-18(23)21-16-11-7-8-12-17(16)27-3/h4-12,14,19,22H,13H2,1-3H3,(H,21,23)/t19-/m0/s1. The number of hydrogen-bond donors (Lipinski definition) is 2. The molecule has 9 heteroatoms. The summed E-state index contributed by atoms with van der Waals surface area (Å²) < 4.78 is 37.5. The molecule has 0 saturated heterocycles. The number of carbonyl (C=O) groups excluding carboxylic acids is 2. The average Bonchev–Trinajstić information content (AvgIpc) is 2.71. The van der Waals surface area contributed by atoms with E-state index in [9.17, 15) is 18.0 Å². The quantitative estimate of drug-likeness (QED) is 0.602. The molecule has 0 aliphatic rings. The van der Waals surface area contributed by atoms with Crippen LogP contribution in [0.4, 0.5) is 5.69 Å². The van der Waals surface area contributed by atoms with Crippen molar-refractivity contribution in [3.05, 3.63) is 54.6 Å². The number of nitrogens with one attached hydrogen (secondary N) is 2. The van der Waals surface area contributed by atoms with E-state index in [1.54, 1.807) is 56.3 Å². The molecule has 2 aromatic rings. The van der Waals surface area contributed by atoms with Gasteiger partial charge in [-0.25, -0.2) is 8.42 Å². The first kappa shape index (κ1) is 22.4. The minimum absolute atomic E-state index is 0.0346. The molecule has 0 aromatic heterocycles. The van der Waals surface area contributed by atoms with Gasteiger partial charge in [0, 0.05) is 0 Å². The largest absolute Gasteiger partial charge is 0.495 e. The molecule has 29 heavy (non-hydrogen) atoms. The fourth-order valence-corrected chi connectivity index (χ4v) is 3.81. The van der Waals surface area contributed by atoms with Crippen LogP contribution in [0, 0.1) is 5.92 Å². The molecule has 0 fully saturated rings. The Morgan fingerprint density at radius 3 is 2.24 bits per heavy atom. The van der Waals surface area contributed by atoms with E-state index in [-0.39, 0.29) is 4.90 Å². The van der Waals surface area contributed by atoms with Crippen LogP contribution in [0.2, 0.25) is 0 Å². The van der Waals surface area contributed by atoms with Gasteiger partial charge in [0.2, 0.25) is 10.0 Å². The summed E-state index contributed by atoms with van der Waals surface area (Å²) in [6.45, 7) is 2.79. The van der Waals surface area contributed by atoms with Crippen LogP contribution in [-0.4, -0.2) is 40.1 Å². The fraction of sp³-hybridized carbons (Fsp3) is 0.300. The molecule has 1 amide bonds. The normalized spacial score (nSPS) is 12.3. The Labute approximate surface area is 170 Å². The van der Waals surface area contributed by atoms with Gasteiger partial charge in [-0.05, 0) is 30.2 Å². The van der Waals surface area contributed by atoms with E-state index in [2.05, 4.69) is 10.0 Å². The Bertz CT molecular complexity index is 944. The monoisotopic (exact) mass is 420 g/mol. The molecule has 0 bridgehead atoms. The topological polar surface area (TPSA) is 111 Å². The Hall–Kier alpha value is -2.91. The van der Waals surface area contributed by atoms with Crippen LogP contribution in [0.15, 0.2) is 59.5 Å². The Morgan fingerprint density at radius 2 is 1.62 bits per heavy atom. The van der Waals surface area contributed by atoms with Crippen molar-refractivity contribution >= 4 is 27.6 Å². The number of sulfonamides is 1. The van der Waals surface area contributed by atoms with Gasteiger partial charge in [-0.15, -0.1) is 0 Å². The molecule has 0 aliphatic carbocycles. The molecule has 2 N–H and O–H groups in total. The summed E-state index contributed by atoms with van der Waals surface area (Å²) >= 11 is 0. The Balaban J connectivity index is 2.00. The molecule has 0 radical (unpaired) electrons. The zero-order valence-electron chi connectivity index (χ0n) is 16.4. The number of hydrogen-bond acceptors (Lipinski definition) is 6. The zero-order valence-corrected chi connectivity index (χ0v) is 17.2. The SMILES string of the molecule is COc1ccccc1NC(=O)COC(=O)[C@@H](NS(=O)(=O)c1ccccc1)C(C)C. The number of para-hydroxylation sites is 2. The maximum absolute atomic E-state index is 12.5. The van der Waals surface area contributed by atoms with Gasteiger partial charge in [0.25, 0.3) is 5.91 Å². The Kier molecular flexibility index (Phi) is 7.74. The highest BCUT2D eigenvalue weighted by atomic mass is 32.2. The molecule has 0 heterocycles. The number of esters is 1. The van der Waals surface area contributed by atoms with Crippen molar-refractivity contribution in [2.45, 2.75) is 24.8 Å². The van der Waals surface area contributed by atoms with Gasteiger partial charge in [0.05, 0.1) is 17.7 Å². The maximum atomic E-state index is 12.5. The molecule has 0 aliphatic heterocycles. The summed E-state index contributed by atoms with van der Waals surface area (Å²) in [5.74, 6) is -1.34. The molecular weight excluding hydrogens is 396 g/mol. The van der Waals surface area contributed by atoms with Gasteiger partial charge in [0.1, 0.15) is 11.8 Å². The van der Waals surface area contributed by atoms with Crippen molar-refractivity contribution in [3.8, 4) is 5.75 Å². The number of rotatable bonds is 9. The van der Waals surface area contributed by atoms with Crippen molar-refractivity contribution in [2.24, 2.45) is 5.92 Å². The van der Waals surface area contributed by atoms with Crippen LogP contribution < -0.4 is 14.8 Å². The van der Waals surface area contributed by atoms with Gasteiger partial charge in [-0.2, -0.15) is 4.72 Å². The molecule has 0 saturated carbocycles. The lowest BCUT2D eigenvalue weighted by Gasteiger charge is -2.20. The summed E-state index contributed by atoms with van der Waals surface area (Å²) in [6.07, 6.45) is 0. The second-order valence-electron chi connectivity index (χ2n) is 6.51. The summed E-state index contributed by atoms with van der Waals surface area (Å²) in [5, 5.41) is 2.58. The smallest absolute Gasteiger partial charge is 0.324 e. The van der Waals surface area contributed by atoms with Crippen molar-refractivity contribution in [1.82, 2.24) is 4.72 Å². The minimum Gasteiger partial charge on any atom is -0.495 e. The van der Waals surface area contributed by atoms with Gasteiger partial charge in [0.15, 0.2) is 6.61 Å². The first-order chi connectivity index (χ1) is 13.7. The average molecular weight is 420 g/mol. The molecular formula is C20H24N2O6S. The van der Waals surface area contributed by atoms with E-state index < -0.39 is 40.5 Å². The third-order valence-corrected chi connectivity index (χ3v) is 5.44. The molecule has 2 aromatic carbocycles. The first-order valence-corrected chi connectivity index (χ1v) is 10.4. The highest BCUT2D eigenvalue weighted by Crippen LogP contribution is 2.22. The number of benzene rings is 2. The van der Waals surface area contributed by atoms with E-state index in [0.717, 1.165) is 0 Å². The lowest BCUT2D eigenvalue weighted by molar-refractivity contribution is -0.150. The first-order valence-electron chi connectivity index (χ1n) is 8.91. The van der Waals surface area contributed by atoms with E-state index >= 15 is 0 Å². The van der Waals surface area contributed by atoms with Crippen LogP contribution >= 0.6 is 0 Å². The van der Waals surface area contributed by atoms with Crippen molar-refractivity contribution in [2.75, 3.05) is 19.0 Å². The van der Waals surface area contributed by atoms with Crippen LogP contribution in [0.5, 0.6) is 5.75 Å². The van der Waals surface area contributed by atoms with Crippen LogP contribution in [-0.2, 0) is 24.3 Å². The molecule has 0 unspecified atom stereocenters. The summed E-state index contributed by atoms with van der Waals surface area (Å²) in [6, 6.07) is 13.3. The van der Waals surface area contributed by atoms with E-state index in [1.165, 1.54) is 19.2 Å². The second-order valence-corrected chi connectivity index (χ2v) is 8.23. The molecule has 156 valence electrons. The second kappa shape index (κ2) is 10.0. The van der Waals surface area contributed by atoms with Crippen molar-refractivity contribution in [1.29, 1.82) is 0 Å². The minimum atomic E-state index is -3.91. The van der Waals surface area contributed by atoms with E-state index in [4.69, 9.17) is 9.47 Å². The Morgan fingerprint density at radius 1 is 1.00 bits per heavy atom. The molecule has 8 nitrogen and oxygen atoms in total. The third kappa shape index (κ3) is 6.30. The van der Waals surface area contributed by atoms with Crippen molar-refractivity contribution in [3.63, 3.8) is 0 Å². The zero-order chi connectivity index (χ0) is 21.4. The number of anilines is 1. The number of methoxy groups -OCH3 is 1. The number of carbonyl (C=O) groups is 2. The third-order valence-electron chi connectivity index (χ3n) is 3.98. The van der Waals surface area contributed by atoms with Gasteiger partial charge in [-0.3, -0.25) is 9.59 Å². The van der Waals surface area contributed by atoms with Gasteiger partial charge >= 0.3 is 5.97 Å². The highest BCUT2D eigenvalue weighted by molar-refractivity contribution is 7.89. The van der Waals surface area contributed by atoms with Crippen LogP contribution in [0.1, 0.15) is 13.8 Å². The fourth-order valence-electron chi connectivity index (χ4n) is 2.45. The summed E-state index contributed by atoms with van der Waals surface area (Å²) in [7, 11) is -2.44. The van der Waals surface area contributed by atoms with Crippen LogP contribution in [0.3, 0.4) is 0 Å². The van der Waals surface area contributed by atoms with E-state index in [1.807, 2.05) is 0 Å². The predicted molar refractivity (Wildman–Crippen MR) is 108 cm³/mol. The number of ether oxygens (including phenoxy) is 2. The molecule has 0 spiro atoms. The highest BCUT2D eigenvalue weighted by Gasteiger charge is 2.30. The molecule has 1 atom stereocenters. The predicted octanol–water partition coefficient (Wildman–Crippen LogP) is 2.18. The van der Waals surface area contributed by atoms with Gasteiger partial charge in [-0.1, -0.05) is 44.2 Å². The summed E-state index contributed by atoms with van der Waals surface area (Å²) in [4.78, 5) is 24.6. The molecule has 2 rings (SSSR count). The number of amides is 1. The lowest BCUT2D eigenvalue weighted by Crippen LogP contribution is -2.45. The van der Waals surface area contributed by atoms with Crippen LogP contribution in [0.25, 0.3) is 0 Å². The lowest BCUT2D eigenvalue weighted by atomic mass is 10.1. The van der Waals surface area contributed by atoms with E-state index in [0.29, 0.717) is 11.4 Å². The van der Waals surface area contributed by atoms with Crippen molar-refractivity contribution < 1.29 is 27.5 Å². The van der Waals surface area contributed by atoms with Gasteiger partial charge < -0.3 is 14.8 Å². The summed E-state index contributed by atoms with van der Waals surface area (Å²) in [5.41, 5.74) is 0.432. The maximum Gasteiger partial charge on any atom is 0.324 e.